The first kappa shape index (κ1) is 28.1. The van der Waals surface area contributed by atoms with E-state index in [0.29, 0.717) is 16.4 Å². The van der Waals surface area contributed by atoms with Crippen molar-refractivity contribution >= 4 is 41.4 Å². The number of hydrogen-bond donors (Lipinski definition) is 2. The summed E-state index contributed by atoms with van der Waals surface area (Å²) in [7, 11) is 1.29. The third kappa shape index (κ3) is 7.36. The fraction of sp³-hybridized carbons (Fsp3) is 0.643. The van der Waals surface area contributed by atoms with Crippen LogP contribution in [0.1, 0.15) is 73.8 Å². The molecule has 9 nitrogen and oxygen atoms in total. The van der Waals surface area contributed by atoms with Crippen LogP contribution in [0.2, 0.25) is 0 Å². The van der Waals surface area contributed by atoms with Gasteiger partial charge in [0.05, 0.1) is 18.6 Å². The molecule has 5 rings (SSSR count). The standard InChI is InChI=1S/C28H38N2O7S/c1-27(2,3)37-25(33)21(15-29-24(32)22-7-5-20(38-22)6-8-23(31)35-4)30-26(34)36-16-28-12-17-9-18(13-28)11-19(10-17)14-28/h5-8,17-19,21H,9-16H2,1-4H3,(H,29,32)(H,30,34)/b8-6+/t17?,18?,19?,21-,28?/m0/s1. The molecule has 1 atom stereocenters. The average Bonchev–Trinajstić information content (AvgIpc) is 3.31. The summed E-state index contributed by atoms with van der Waals surface area (Å²) in [5.41, 5.74) is -0.709. The van der Waals surface area contributed by atoms with Gasteiger partial charge in [-0.05, 0) is 95.3 Å². The first-order valence-corrected chi connectivity index (χ1v) is 14.1. The third-order valence-electron chi connectivity index (χ3n) is 7.56. The van der Waals surface area contributed by atoms with Gasteiger partial charge >= 0.3 is 18.0 Å². The molecule has 0 spiro atoms. The quantitative estimate of drug-likeness (QED) is 0.269. The Morgan fingerprint density at radius 1 is 1.08 bits per heavy atom. The Balaban J connectivity index is 1.33. The number of amides is 2. The van der Waals surface area contributed by atoms with E-state index in [-0.39, 0.29) is 12.0 Å². The minimum atomic E-state index is -1.11. The van der Waals surface area contributed by atoms with Gasteiger partial charge in [0.25, 0.3) is 5.91 Å². The molecule has 4 fully saturated rings. The minimum absolute atomic E-state index is 0.0565. The zero-order valence-electron chi connectivity index (χ0n) is 22.5. The molecule has 0 aliphatic heterocycles. The lowest BCUT2D eigenvalue weighted by molar-refractivity contribution is -0.157. The highest BCUT2D eigenvalue weighted by molar-refractivity contribution is 7.14. The highest BCUT2D eigenvalue weighted by Crippen LogP contribution is 2.60. The summed E-state index contributed by atoms with van der Waals surface area (Å²) in [5, 5.41) is 5.31. The Hall–Kier alpha value is -2.88. The number of carbonyl (C=O) groups excluding carboxylic acids is 4. The van der Waals surface area contributed by atoms with Crippen LogP contribution in [0.15, 0.2) is 18.2 Å². The zero-order chi connectivity index (χ0) is 27.5. The molecule has 4 aliphatic carbocycles. The van der Waals surface area contributed by atoms with Gasteiger partial charge in [-0.1, -0.05) is 0 Å². The Morgan fingerprint density at radius 2 is 1.71 bits per heavy atom. The minimum Gasteiger partial charge on any atom is -0.466 e. The van der Waals surface area contributed by atoms with Gasteiger partial charge in [-0.3, -0.25) is 4.79 Å². The van der Waals surface area contributed by atoms with E-state index in [4.69, 9.17) is 9.47 Å². The molecule has 4 aliphatic rings. The lowest BCUT2D eigenvalue weighted by Gasteiger charge is -2.56. The molecule has 4 saturated carbocycles. The van der Waals surface area contributed by atoms with Crippen molar-refractivity contribution in [1.82, 2.24) is 10.6 Å². The largest absolute Gasteiger partial charge is 0.466 e. The van der Waals surface area contributed by atoms with Crippen molar-refractivity contribution in [3.05, 3.63) is 28.0 Å². The molecule has 1 heterocycles. The fourth-order valence-corrected chi connectivity index (χ4v) is 7.33. The second kappa shape index (κ2) is 11.5. The highest BCUT2D eigenvalue weighted by Gasteiger charge is 2.51. The molecule has 0 saturated heterocycles. The highest BCUT2D eigenvalue weighted by atomic mass is 32.1. The van der Waals surface area contributed by atoms with E-state index in [1.807, 2.05) is 0 Å². The number of ether oxygens (including phenoxy) is 3. The smallest absolute Gasteiger partial charge is 0.407 e. The Bertz CT molecular complexity index is 1050. The van der Waals surface area contributed by atoms with E-state index < -0.39 is 35.6 Å². The van der Waals surface area contributed by atoms with Crippen LogP contribution in [-0.4, -0.2) is 55.8 Å². The molecule has 4 bridgehead atoms. The molecule has 1 aromatic heterocycles. The molecule has 2 N–H and O–H groups in total. The first-order chi connectivity index (χ1) is 17.9. The number of hydrogen-bond acceptors (Lipinski definition) is 8. The van der Waals surface area contributed by atoms with Crippen molar-refractivity contribution in [3.8, 4) is 0 Å². The monoisotopic (exact) mass is 546 g/mol. The van der Waals surface area contributed by atoms with Gasteiger partial charge < -0.3 is 24.8 Å². The summed E-state index contributed by atoms with van der Waals surface area (Å²) in [6, 6.07) is 2.21. The van der Waals surface area contributed by atoms with E-state index >= 15 is 0 Å². The van der Waals surface area contributed by atoms with Crippen LogP contribution >= 0.6 is 11.3 Å². The SMILES string of the molecule is COC(=O)/C=C/c1ccc(C(=O)NC[C@H](NC(=O)OCC23CC4CC(CC(C4)C2)C3)C(=O)OC(C)(C)C)s1. The van der Waals surface area contributed by atoms with Crippen LogP contribution in [0.4, 0.5) is 4.79 Å². The number of carbonyl (C=O) groups is 4. The van der Waals surface area contributed by atoms with Crippen molar-refractivity contribution in [1.29, 1.82) is 0 Å². The molecular weight excluding hydrogens is 508 g/mol. The van der Waals surface area contributed by atoms with Crippen LogP contribution in [0, 0.1) is 23.2 Å². The number of alkyl carbamates (subject to hydrolysis) is 1. The molecule has 1 aromatic rings. The van der Waals surface area contributed by atoms with Crippen LogP contribution in [0.25, 0.3) is 6.08 Å². The Kier molecular flexibility index (Phi) is 8.49. The second-order valence-corrected chi connectivity index (χ2v) is 13.1. The van der Waals surface area contributed by atoms with Gasteiger partial charge in [0, 0.05) is 22.9 Å². The molecule has 38 heavy (non-hydrogen) atoms. The van der Waals surface area contributed by atoms with Crippen molar-refractivity contribution in [2.45, 2.75) is 70.9 Å². The van der Waals surface area contributed by atoms with Crippen molar-refractivity contribution < 1.29 is 33.4 Å². The number of nitrogens with one attached hydrogen (secondary N) is 2. The molecule has 10 heteroatoms. The lowest BCUT2D eigenvalue weighted by atomic mass is 9.50. The molecule has 0 unspecified atom stereocenters. The van der Waals surface area contributed by atoms with Crippen LogP contribution < -0.4 is 10.6 Å². The van der Waals surface area contributed by atoms with Gasteiger partial charge in [-0.2, -0.15) is 0 Å². The normalized spacial score (nSPS) is 26.6. The van der Waals surface area contributed by atoms with Crippen molar-refractivity contribution in [2.75, 3.05) is 20.3 Å². The summed E-state index contributed by atoms with van der Waals surface area (Å²) in [6.45, 7) is 5.40. The predicted octanol–water partition coefficient (Wildman–Crippen LogP) is 4.32. The van der Waals surface area contributed by atoms with Crippen LogP contribution in [0.3, 0.4) is 0 Å². The topological polar surface area (TPSA) is 120 Å². The summed E-state index contributed by atoms with van der Waals surface area (Å²) in [6.07, 6.45) is 9.37. The Labute approximate surface area is 227 Å². The maximum Gasteiger partial charge on any atom is 0.407 e. The number of methoxy groups -OCH3 is 1. The van der Waals surface area contributed by atoms with Crippen LogP contribution in [0.5, 0.6) is 0 Å². The van der Waals surface area contributed by atoms with Gasteiger partial charge in [0.1, 0.15) is 11.6 Å². The molecular formula is C28H38N2O7S. The predicted molar refractivity (Wildman–Crippen MR) is 142 cm³/mol. The third-order valence-corrected chi connectivity index (χ3v) is 8.61. The maximum atomic E-state index is 12.9. The van der Waals surface area contributed by atoms with Crippen molar-refractivity contribution in [2.24, 2.45) is 23.2 Å². The average molecular weight is 547 g/mol. The fourth-order valence-electron chi connectivity index (χ4n) is 6.50. The van der Waals surface area contributed by atoms with E-state index in [0.717, 1.165) is 37.0 Å². The summed E-state index contributed by atoms with van der Waals surface area (Å²) in [5.74, 6) is 0.664. The molecule has 208 valence electrons. The van der Waals surface area contributed by atoms with Crippen molar-refractivity contribution in [3.63, 3.8) is 0 Å². The van der Waals surface area contributed by atoms with Gasteiger partial charge in [0.15, 0.2) is 0 Å². The zero-order valence-corrected chi connectivity index (χ0v) is 23.4. The van der Waals surface area contributed by atoms with Gasteiger partial charge in [0.2, 0.25) is 0 Å². The van der Waals surface area contributed by atoms with E-state index in [9.17, 15) is 19.2 Å². The number of thiophene rings is 1. The van der Waals surface area contributed by atoms with Crippen LogP contribution in [-0.2, 0) is 23.8 Å². The van der Waals surface area contributed by atoms with Gasteiger partial charge in [-0.25, -0.2) is 14.4 Å². The summed E-state index contributed by atoms with van der Waals surface area (Å²) in [4.78, 5) is 50.7. The lowest BCUT2D eigenvalue weighted by Crippen LogP contribution is -2.52. The summed E-state index contributed by atoms with van der Waals surface area (Å²) < 4.78 is 15.7. The number of rotatable bonds is 9. The maximum absolute atomic E-state index is 12.9. The first-order valence-electron chi connectivity index (χ1n) is 13.2. The van der Waals surface area contributed by atoms with E-state index in [1.54, 1.807) is 39.0 Å². The summed E-state index contributed by atoms with van der Waals surface area (Å²) >= 11 is 1.18. The molecule has 2 amide bonds. The number of esters is 2. The van der Waals surface area contributed by atoms with E-state index in [1.165, 1.54) is 43.8 Å². The van der Waals surface area contributed by atoms with E-state index in [2.05, 4.69) is 15.4 Å². The molecule has 0 aromatic carbocycles. The second-order valence-electron chi connectivity index (χ2n) is 12.0. The Morgan fingerprint density at radius 3 is 2.29 bits per heavy atom. The molecule has 0 radical (unpaired) electrons. The van der Waals surface area contributed by atoms with Gasteiger partial charge in [-0.15, -0.1) is 11.3 Å².